The van der Waals surface area contributed by atoms with Crippen molar-refractivity contribution in [3.05, 3.63) is 65.2 Å². The molecule has 1 N–H and O–H groups in total. The summed E-state index contributed by atoms with van der Waals surface area (Å²) in [4.78, 5) is 12.5. The molecule has 3 rings (SSSR count). The SMILES string of the molecule is CCn1c(CN(c2ccc(F)cc2)S(C)(=O)=O)nnc1SCC(=O)Nc1cccc(C)c1C. The number of carbonyl (C=O) groups is 1. The van der Waals surface area contributed by atoms with Gasteiger partial charge in [-0.05, 0) is 62.2 Å². The predicted molar refractivity (Wildman–Crippen MR) is 128 cm³/mol. The minimum Gasteiger partial charge on any atom is -0.325 e. The van der Waals surface area contributed by atoms with Gasteiger partial charge < -0.3 is 9.88 Å². The van der Waals surface area contributed by atoms with Crippen LogP contribution in [0.25, 0.3) is 0 Å². The Labute approximate surface area is 197 Å². The van der Waals surface area contributed by atoms with Gasteiger partial charge in [-0.25, -0.2) is 12.8 Å². The molecule has 1 amide bonds. The number of nitrogens with zero attached hydrogens (tertiary/aromatic N) is 4. The number of rotatable bonds is 9. The van der Waals surface area contributed by atoms with Crippen LogP contribution in [0.3, 0.4) is 0 Å². The van der Waals surface area contributed by atoms with Gasteiger partial charge in [-0.1, -0.05) is 23.9 Å². The van der Waals surface area contributed by atoms with Gasteiger partial charge in [0.05, 0.1) is 24.2 Å². The lowest BCUT2D eigenvalue weighted by Crippen LogP contribution is -2.30. The van der Waals surface area contributed by atoms with E-state index < -0.39 is 15.8 Å². The molecule has 1 heterocycles. The molecule has 0 radical (unpaired) electrons. The number of sulfonamides is 1. The summed E-state index contributed by atoms with van der Waals surface area (Å²) in [6, 6.07) is 10.9. The molecule has 0 atom stereocenters. The van der Waals surface area contributed by atoms with Crippen LogP contribution in [0, 0.1) is 19.7 Å². The van der Waals surface area contributed by atoms with Crippen molar-refractivity contribution in [3.8, 4) is 0 Å². The zero-order valence-electron chi connectivity index (χ0n) is 18.9. The standard InChI is InChI=1S/C22H26FN5O3S2/c1-5-27-20(13-28(33(4,30)31)18-11-9-17(23)10-12-18)25-26-22(27)32-14-21(29)24-19-8-6-7-15(2)16(19)3/h6-12H,5,13-14H2,1-4H3,(H,24,29). The number of benzene rings is 2. The Kier molecular flexibility index (Phi) is 7.75. The Bertz CT molecular complexity index is 1240. The number of anilines is 2. The van der Waals surface area contributed by atoms with E-state index in [2.05, 4.69) is 15.5 Å². The average molecular weight is 492 g/mol. The second kappa shape index (κ2) is 10.3. The first-order valence-electron chi connectivity index (χ1n) is 10.2. The number of hydrogen-bond acceptors (Lipinski definition) is 6. The number of thioether (sulfide) groups is 1. The maximum atomic E-state index is 13.3. The third kappa shape index (κ3) is 6.11. The molecule has 0 aliphatic rings. The van der Waals surface area contributed by atoms with Crippen molar-refractivity contribution >= 4 is 39.1 Å². The summed E-state index contributed by atoms with van der Waals surface area (Å²) >= 11 is 1.22. The molecule has 0 bridgehead atoms. The van der Waals surface area contributed by atoms with Gasteiger partial charge in [-0.2, -0.15) is 0 Å². The molecule has 2 aromatic carbocycles. The molecule has 33 heavy (non-hydrogen) atoms. The topological polar surface area (TPSA) is 97.2 Å². The first-order valence-corrected chi connectivity index (χ1v) is 13.1. The predicted octanol–water partition coefficient (Wildman–Crippen LogP) is 3.75. The molecule has 0 unspecified atom stereocenters. The average Bonchev–Trinajstić information content (AvgIpc) is 3.15. The van der Waals surface area contributed by atoms with Gasteiger partial charge >= 0.3 is 0 Å². The van der Waals surface area contributed by atoms with Gasteiger partial charge in [-0.3, -0.25) is 9.10 Å². The van der Waals surface area contributed by atoms with Gasteiger partial charge in [-0.15, -0.1) is 10.2 Å². The zero-order valence-corrected chi connectivity index (χ0v) is 20.5. The highest BCUT2D eigenvalue weighted by atomic mass is 32.2. The van der Waals surface area contributed by atoms with Crippen LogP contribution in [0.1, 0.15) is 23.9 Å². The van der Waals surface area contributed by atoms with Gasteiger partial charge in [0.15, 0.2) is 11.0 Å². The molecule has 0 aliphatic heterocycles. The lowest BCUT2D eigenvalue weighted by atomic mass is 10.1. The molecule has 0 spiro atoms. The summed E-state index contributed by atoms with van der Waals surface area (Å²) in [5, 5.41) is 11.7. The highest BCUT2D eigenvalue weighted by Crippen LogP contribution is 2.24. The summed E-state index contributed by atoms with van der Waals surface area (Å²) in [5.74, 6) is -0.0874. The number of amides is 1. The number of aromatic nitrogens is 3. The minimum atomic E-state index is -3.65. The van der Waals surface area contributed by atoms with Crippen molar-refractivity contribution in [1.29, 1.82) is 0 Å². The van der Waals surface area contributed by atoms with E-state index in [-0.39, 0.29) is 18.2 Å². The summed E-state index contributed by atoms with van der Waals surface area (Å²) in [7, 11) is -3.65. The fourth-order valence-corrected chi connectivity index (χ4v) is 4.87. The highest BCUT2D eigenvalue weighted by Gasteiger charge is 2.22. The third-order valence-electron chi connectivity index (χ3n) is 5.12. The molecule has 3 aromatic rings. The van der Waals surface area contributed by atoms with Crippen LogP contribution >= 0.6 is 11.8 Å². The van der Waals surface area contributed by atoms with Gasteiger partial charge in [0.2, 0.25) is 15.9 Å². The Hall–Kier alpha value is -2.92. The molecular formula is C22H26FN5O3S2. The van der Waals surface area contributed by atoms with Crippen LogP contribution in [0.2, 0.25) is 0 Å². The molecule has 0 saturated carbocycles. The van der Waals surface area contributed by atoms with Crippen molar-refractivity contribution in [2.24, 2.45) is 0 Å². The molecule has 11 heteroatoms. The first kappa shape index (κ1) is 24.7. The van der Waals surface area contributed by atoms with Crippen LogP contribution in [-0.2, 0) is 27.9 Å². The van der Waals surface area contributed by atoms with Crippen LogP contribution in [0.4, 0.5) is 15.8 Å². The van der Waals surface area contributed by atoms with Crippen molar-refractivity contribution in [3.63, 3.8) is 0 Å². The molecule has 176 valence electrons. The molecule has 0 saturated heterocycles. The second-order valence-electron chi connectivity index (χ2n) is 7.47. The van der Waals surface area contributed by atoms with Crippen molar-refractivity contribution in [2.75, 3.05) is 21.6 Å². The summed E-state index contributed by atoms with van der Waals surface area (Å²) in [6.45, 7) is 6.24. The quantitative estimate of drug-likeness (QED) is 0.458. The summed E-state index contributed by atoms with van der Waals surface area (Å²) < 4.78 is 41.0. The van der Waals surface area contributed by atoms with Crippen LogP contribution in [-0.4, -0.2) is 41.1 Å². The Balaban J connectivity index is 1.74. The number of carbonyl (C=O) groups excluding carboxylic acids is 1. The van der Waals surface area contributed by atoms with Gasteiger partial charge in [0, 0.05) is 12.2 Å². The van der Waals surface area contributed by atoms with Gasteiger partial charge in [0.1, 0.15) is 5.82 Å². The van der Waals surface area contributed by atoms with Crippen molar-refractivity contribution in [1.82, 2.24) is 14.8 Å². The normalized spacial score (nSPS) is 11.4. The van der Waals surface area contributed by atoms with E-state index in [1.807, 2.05) is 39.0 Å². The zero-order chi connectivity index (χ0) is 24.2. The third-order valence-corrected chi connectivity index (χ3v) is 7.23. The highest BCUT2D eigenvalue weighted by molar-refractivity contribution is 7.99. The maximum absolute atomic E-state index is 13.3. The summed E-state index contributed by atoms with van der Waals surface area (Å²) in [5.41, 5.74) is 3.19. The molecule has 0 fully saturated rings. The minimum absolute atomic E-state index is 0.0689. The smallest absolute Gasteiger partial charge is 0.234 e. The first-order chi connectivity index (χ1) is 15.6. The number of halogens is 1. The monoisotopic (exact) mass is 491 g/mol. The Morgan fingerprint density at radius 3 is 2.48 bits per heavy atom. The molecular weight excluding hydrogens is 465 g/mol. The Morgan fingerprint density at radius 2 is 1.85 bits per heavy atom. The fraction of sp³-hybridized carbons (Fsp3) is 0.318. The van der Waals surface area contributed by atoms with Crippen molar-refractivity contribution < 1.29 is 17.6 Å². The van der Waals surface area contributed by atoms with Crippen LogP contribution < -0.4 is 9.62 Å². The van der Waals surface area contributed by atoms with E-state index in [1.165, 1.54) is 36.0 Å². The lowest BCUT2D eigenvalue weighted by molar-refractivity contribution is -0.113. The Morgan fingerprint density at radius 1 is 1.15 bits per heavy atom. The largest absolute Gasteiger partial charge is 0.325 e. The van der Waals surface area contributed by atoms with E-state index >= 15 is 0 Å². The summed E-state index contributed by atoms with van der Waals surface area (Å²) in [6.07, 6.45) is 1.08. The second-order valence-corrected chi connectivity index (χ2v) is 10.3. The van der Waals surface area contributed by atoms with E-state index in [9.17, 15) is 17.6 Å². The van der Waals surface area contributed by atoms with Gasteiger partial charge in [0.25, 0.3) is 0 Å². The fourth-order valence-electron chi connectivity index (χ4n) is 3.20. The molecule has 8 nitrogen and oxygen atoms in total. The van der Waals surface area contributed by atoms with E-state index in [0.717, 1.165) is 27.4 Å². The molecule has 0 aliphatic carbocycles. The van der Waals surface area contributed by atoms with Crippen molar-refractivity contribution in [2.45, 2.75) is 39.0 Å². The number of nitrogens with one attached hydrogen (secondary N) is 1. The maximum Gasteiger partial charge on any atom is 0.234 e. The van der Waals surface area contributed by atoms with Crippen LogP contribution in [0.15, 0.2) is 47.6 Å². The number of aryl methyl sites for hydroxylation is 1. The lowest BCUT2D eigenvalue weighted by Gasteiger charge is -2.22. The van der Waals surface area contributed by atoms with Crippen LogP contribution in [0.5, 0.6) is 0 Å². The van der Waals surface area contributed by atoms with E-state index in [1.54, 1.807) is 4.57 Å². The molecule has 1 aromatic heterocycles. The number of hydrogen-bond donors (Lipinski definition) is 1. The van der Waals surface area contributed by atoms with E-state index in [4.69, 9.17) is 0 Å². The van der Waals surface area contributed by atoms with E-state index in [0.29, 0.717) is 23.2 Å².